The van der Waals surface area contributed by atoms with Crippen LogP contribution in [-0.2, 0) is 18.4 Å². The summed E-state index contributed by atoms with van der Waals surface area (Å²) in [5.74, 6) is 2.43. The number of aromatic nitrogens is 1. The van der Waals surface area contributed by atoms with Crippen LogP contribution in [0.5, 0.6) is 0 Å². The van der Waals surface area contributed by atoms with Crippen LogP contribution in [-0.4, -0.2) is 36.0 Å². The summed E-state index contributed by atoms with van der Waals surface area (Å²) in [6.07, 6.45) is 2.82. The minimum atomic E-state index is -0.0308. The minimum Gasteiger partial charge on any atom is -0.443 e. The summed E-state index contributed by atoms with van der Waals surface area (Å²) in [6, 6.07) is 4.26. The van der Waals surface area contributed by atoms with Gasteiger partial charge in [-0.1, -0.05) is 26.8 Å². The predicted molar refractivity (Wildman–Crippen MR) is 101 cm³/mol. The average molecular weight is 349 g/mol. The molecule has 0 saturated carbocycles. The third kappa shape index (κ3) is 5.37. The maximum Gasteiger partial charge on any atom is 0.216 e. The first-order chi connectivity index (χ1) is 11.4. The third-order valence-corrected chi connectivity index (χ3v) is 4.56. The lowest BCUT2D eigenvalue weighted by Gasteiger charge is -2.21. The van der Waals surface area contributed by atoms with Crippen molar-refractivity contribution in [3.8, 4) is 0 Å². The van der Waals surface area contributed by atoms with E-state index in [0.717, 1.165) is 31.2 Å². The monoisotopic (exact) mass is 348 g/mol. The van der Waals surface area contributed by atoms with E-state index < -0.39 is 0 Å². The van der Waals surface area contributed by atoms with Crippen LogP contribution in [0.4, 0.5) is 0 Å². The van der Waals surface area contributed by atoms with E-state index in [1.54, 1.807) is 17.5 Å². The van der Waals surface area contributed by atoms with Gasteiger partial charge in [0.1, 0.15) is 12.3 Å². The molecule has 24 heavy (non-hydrogen) atoms. The Morgan fingerprint density at radius 3 is 2.79 bits per heavy atom. The van der Waals surface area contributed by atoms with Crippen molar-refractivity contribution in [2.75, 3.05) is 20.1 Å². The van der Waals surface area contributed by atoms with Crippen molar-refractivity contribution in [2.24, 2.45) is 4.99 Å². The molecular weight excluding hydrogens is 320 g/mol. The number of aliphatic imine (C=N–C) groups is 1. The second kappa shape index (κ2) is 8.33. The fraction of sp³-hybridized carbons (Fsp3) is 0.556. The Morgan fingerprint density at radius 2 is 2.21 bits per heavy atom. The van der Waals surface area contributed by atoms with Gasteiger partial charge in [0.2, 0.25) is 5.89 Å². The van der Waals surface area contributed by atoms with Gasteiger partial charge in [-0.25, -0.2) is 9.98 Å². The van der Waals surface area contributed by atoms with Crippen molar-refractivity contribution >= 4 is 17.3 Å². The Bertz CT molecular complexity index is 640. The normalized spacial score (nSPS) is 12.5. The smallest absolute Gasteiger partial charge is 0.216 e. The summed E-state index contributed by atoms with van der Waals surface area (Å²) in [7, 11) is 2.06. The molecule has 0 saturated heterocycles. The van der Waals surface area contributed by atoms with E-state index in [4.69, 9.17) is 4.42 Å². The summed E-state index contributed by atoms with van der Waals surface area (Å²) in [5.41, 5.74) is -0.0308. The van der Waals surface area contributed by atoms with E-state index in [2.05, 4.69) is 72.4 Å². The molecule has 5 nitrogen and oxygen atoms in total. The molecule has 0 radical (unpaired) electrons. The molecule has 0 aliphatic rings. The zero-order valence-corrected chi connectivity index (χ0v) is 16.1. The maximum atomic E-state index is 5.81. The summed E-state index contributed by atoms with van der Waals surface area (Å²) in [4.78, 5) is 12.5. The summed E-state index contributed by atoms with van der Waals surface area (Å²) < 4.78 is 5.81. The topological polar surface area (TPSA) is 53.7 Å². The first-order valence-corrected chi connectivity index (χ1v) is 9.25. The molecule has 0 aromatic carbocycles. The lowest BCUT2D eigenvalue weighted by Crippen LogP contribution is -2.39. The fourth-order valence-electron chi connectivity index (χ4n) is 2.18. The lowest BCUT2D eigenvalue weighted by molar-refractivity contribution is 0.382. The standard InChI is InChI=1S/C18H28N4OS/c1-6-19-17(22(5)10-9-14-8-7-11-24-14)21-13-16-20-12-15(23-16)18(2,3)4/h7-8,11-12H,6,9-10,13H2,1-5H3,(H,19,21). The van der Waals surface area contributed by atoms with Crippen molar-refractivity contribution in [1.82, 2.24) is 15.2 Å². The van der Waals surface area contributed by atoms with Crippen LogP contribution in [0, 0.1) is 0 Å². The first kappa shape index (κ1) is 18.5. The van der Waals surface area contributed by atoms with E-state index in [1.165, 1.54) is 4.88 Å². The first-order valence-electron chi connectivity index (χ1n) is 8.37. The second-order valence-electron chi connectivity index (χ2n) is 6.79. The molecule has 2 aromatic heterocycles. The lowest BCUT2D eigenvalue weighted by atomic mass is 9.94. The Labute approximate surface area is 148 Å². The number of nitrogens with one attached hydrogen (secondary N) is 1. The molecule has 2 heterocycles. The van der Waals surface area contributed by atoms with E-state index in [0.29, 0.717) is 12.4 Å². The van der Waals surface area contributed by atoms with Gasteiger partial charge in [0.15, 0.2) is 5.96 Å². The van der Waals surface area contributed by atoms with Crippen molar-refractivity contribution in [2.45, 2.75) is 46.1 Å². The highest BCUT2D eigenvalue weighted by molar-refractivity contribution is 7.09. The minimum absolute atomic E-state index is 0.0308. The largest absolute Gasteiger partial charge is 0.443 e. The van der Waals surface area contributed by atoms with Crippen LogP contribution in [0.15, 0.2) is 33.1 Å². The van der Waals surface area contributed by atoms with Crippen molar-refractivity contribution < 1.29 is 4.42 Å². The maximum absolute atomic E-state index is 5.81. The number of thiophene rings is 1. The van der Waals surface area contributed by atoms with Gasteiger partial charge in [0.25, 0.3) is 0 Å². The second-order valence-corrected chi connectivity index (χ2v) is 7.82. The van der Waals surface area contributed by atoms with E-state index in [1.807, 2.05) is 0 Å². The number of hydrogen-bond acceptors (Lipinski definition) is 4. The molecular formula is C18H28N4OS. The number of guanidine groups is 1. The summed E-state index contributed by atoms with van der Waals surface area (Å²) in [6.45, 7) is 10.6. The molecule has 0 bridgehead atoms. The van der Waals surface area contributed by atoms with Crippen LogP contribution < -0.4 is 5.32 Å². The molecule has 0 atom stereocenters. The number of rotatable bonds is 6. The molecule has 132 valence electrons. The number of nitrogens with zero attached hydrogens (tertiary/aromatic N) is 3. The molecule has 0 fully saturated rings. The molecule has 0 amide bonds. The van der Waals surface area contributed by atoms with Crippen LogP contribution in [0.2, 0.25) is 0 Å². The Morgan fingerprint density at radius 1 is 1.42 bits per heavy atom. The third-order valence-electron chi connectivity index (χ3n) is 3.63. The van der Waals surface area contributed by atoms with Crippen molar-refractivity contribution in [3.05, 3.63) is 40.2 Å². The van der Waals surface area contributed by atoms with Crippen LogP contribution in [0.1, 0.15) is 44.2 Å². The summed E-state index contributed by atoms with van der Waals surface area (Å²) in [5, 5.41) is 5.44. The van der Waals surface area contributed by atoms with Crippen LogP contribution in [0.25, 0.3) is 0 Å². The molecule has 0 spiro atoms. The molecule has 0 unspecified atom stereocenters. The van der Waals surface area contributed by atoms with Gasteiger partial charge < -0.3 is 14.6 Å². The molecule has 6 heteroatoms. The van der Waals surface area contributed by atoms with Crippen molar-refractivity contribution in [3.63, 3.8) is 0 Å². The number of hydrogen-bond donors (Lipinski definition) is 1. The van der Waals surface area contributed by atoms with Crippen molar-refractivity contribution in [1.29, 1.82) is 0 Å². The van der Waals surface area contributed by atoms with E-state index in [-0.39, 0.29) is 5.41 Å². The predicted octanol–water partition coefficient (Wildman–Crippen LogP) is 3.67. The Balaban J connectivity index is 1.97. The highest BCUT2D eigenvalue weighted by Gasteiger charge is 2.19. The van der Waals surface area contributed by atoms with Gasteiger partial charge in [0.05, 0.1) is 6.20 Å². The van der Waals surface area contributed by atoms with Gasteiger partial charge in [-0.15, -0.1) is 11.3 Å². The average Bonchev–Trinajstić information content (AvgIpc) is 3.19. The van der Waals surface area contributed by atoms with Gasteiger partial charge in [0, 0.05) is 30.4 Å². The molecule has 2 aromatic rings. The van der Waals surface area contributed by atoms with Gasteiger partial charge in [-0.05, 0) is 24.8 Å². The Hall–Kier alpha value is -1.82. The van der Waals surface area contributed by atoms with Gasteiger partial charge in [-0.2, -0.15) is 0 Å². The number of likely N-dealkylation sites (N-methyl/N-ethyl adjacent to an activating group) is 1. The summed E-state index contributed by atoms with van der Waals surface area (Å²) >= 11 is 1.79. The van der Waals surface area contributed by atoms with Gasteiger partial charge in [-0.3, -0.25) is 0 Å². The molecule has 2 rings (SSSR count). The highest BCUT2D eigenvalue weighted by atomic mass is 32.1. The molecule has 0 aliphatic carbocycles. The zero-order chi connectivity index (χ0) is 17.6. The van der Waals surface area contributed by atoms with E-state index in [9.17, 15) is 0 Å². The molecule has 0 aliphatic heterocycles. The van der Waals surface area contributed by atoms with Gasteiger partial charge >= 0.3 is 0 Å². The number of oxazole rings is 1. The quantitative estimate of drug-likeness (QED) is 0.639. The highest BCUT2D eigenvalue weighted by Crippen LogP contribution is 2.22. The fourth-order valence-corrected chi connectivity index (χ4v) is 2.88. The SMILES string of the molecule is CCNC(=NCc1ncc(C(C)(C)C)o1)N(C)CCc1cccs1. The van der Waals surface area contributed by atoms with Crippen LogP contribution in [0.3, 0.4) is 0 Å². The van der Waals surface area contributed by atoms with E-state index >= 15 is 0 Å². The molecule has 1 N–H and O–H groups in total. The zero-order valence-electron chi connectivity index (χ0n) is 15.3. The Kier molecular flexibility index (Phi) is 6.43. The van der Waals surface area contributed by atoms with Crippen LogP contribution >= 0.6 is 11.3 Å².